The molecule has 0 heterocycles. The molecule has 0 unspecified atom stereocenters. The normalized spacial score (nSPS) is 10.6. The lowest BCUT2D eigenvalue weighted by molar-refractivity contribution is -0.121. The second kappa shape index (κ2) is 9.37. The van der Waals surface area contributed by atoms with Gasteiger partial charge in [0.2, 0.25) is 5.91 Å². The first kappa shape index (κ1) is 16.5. The van der Waals surface area contributed by atoms with Crippen LogP contribution in [-0.4, -0.2) is 44.6 Å². The minimum absolute atomic E-state index is 0.108. The van der Waals surface area contributed by atoms with Crippen LogP contribution < -0.4 is 10.1 Å². The summed E-state index contributed by atoms with van der Waals surface area (Å²) in [5.74, 6) is 0.980. The van der Waals surface area contributed by atoms with E-state index in [1.165, 1.54) is 5.56 Å². The summed E-state index contributed by atoms with van der Waals surface area (Å²) in [6.07, 6.45) is 2.25. The van der Waals surface area contributed by atoms with Gasteiger partial charge in [-0.05, 0) is 58.1 Å². The number of benzene rings is 1. The number of amides is 1. The fourth-order valence-electron chi connectivity index (χ4n) is 1.84. The Morgan fingerprint density at radius 2 is 2.10 bits per heavy atom. The van der Waals surface area contributed by atoms with Gasteiger partial charge < -0.3 is 15.0 Å². The molecule has 1 amide bonds. The summed E-state index contributed by atoms with van der Waals surface area (Å²) in [6, 6.07) is 7.95. The maximum atomic E-state index is 11.6. The van der Waals surface area contributed by atoms with Gasteiger partial charge >= 0.3 is 0 Å². The number of nitrogens with zero attached hydrogens (tertiary/aromatic N) is 1. The Hall–Kier alpha value is -1.55. The molecule has 1 aromatic rings. The fraction of sp³-hybridized carbons (Fsp3) is 0.562. The Kier molecular flexibility index (Phi) is 7.73. The van der Waals surface area contributed by atoms with Crippen LogP contribution in [0.15, 0.2) is 24.3 Å². The highest BCUT2D eigenvalue weighted by atomic mass is 16.5. The first-order chi connectivity index (χ1) is 9.58. The highest BCUT2D eigenvalue weighted by molar-refractivity contribution is 5.75. The molecule has 4 nitrogen and oxygen atoms in total. The van der Waals surface area contributed by atoms with Gasteiger partial charge in [0.1, 0.15) is 5.75 Å². The zero-order valence-corrected chi connectivity index (χ0v) is 12.8. The zero-order valence-electron chi connectivity index (χ0n) is 12.8. The SMILES string of the molecule is Cc1cccc(OCCCC(=O)NCCCN(C)C)c1. The summed E-state index contributed by atoms with van der Waals surface area (Å²) in [7, 11) is 4.06. The monoisotopic (exact) mass is 278 g/mol. The molecule has 4 heteroatoms. The molecule has 1 aromatic carbocycles. The molecule has 1 N–H and O–H groups in total. The quantitative estimate of drug-likeness (QED) is 0.704. The highest BCUT2D eigenvalue weighted by Gasteiger charge is 2.01. The van der Waals surface area contributed by atoms with Crippen molar-refractivity contribution in [3.8, 4) is 5.75 Å². The third kappa shape index (κ3) is 7.79. The summed E-state index contributed by atoms with van der Waals surface area (Å²) in [4.78, 5) is 13.7. The van der Waals surface area contributed by atoms with E-state index >= 15 is 0 Å². The molecule has 0 aliphatic heterocycles. The van der Waals surface area contributed by atoms with Crippen molar-refractivity contribution in [2.24, 2.45) is 0 Å². The van der Waals surface area contributed by atoms with Crippen LogP contribution in [0.3, 0.4) is 0 Å². The van der Waals surface area contributed by atoms with Gasteiger partial charge in [-0.1, -0.05) is 12.1 Å². The lowest BCUT2D eigenvalue weighted by Gasteiger charge is -2.10. The number of ether oxygens (including phenoxy) is 1. The van der Waals surface area contributed by atoms with E-state index in [2.05, 4.69) is 10.2 Å². The Balaban J connectivity index is 2.04. The molecular weight excluding hydrogens is 252 g/mol. The van der Waals surface area contributed by atoms with Gasteiger partial charge in [0.25, 0.3) is 0 Å². The first-order valence-electron chi connectivity index (χ1n) is 7.19. The molecule has 0 fully saturated rings. The van der Waals surface area contributed by atoms with Crippen LogP contribution in [0.4, 0.5) is 0 Å². The Morgan fingerprint density at radius 1 is 1.30 bits per heavy atom. The highest BCUT2D eigenvalue weighted by Crippen LogP contribution is 2.12. The molecule has 0 aliphatic carbocycles. The second-order valence-corrected chi connectivity index (χ2v) is 5.28. The predicted molar refractivity (Wildman–Crippen MR) is 82.1 cm³/mol. The van der Waals surface area contributed by atoms with Crippen LogP contribution in [0, 0.1) is 6.92 Å². The van der Waals surface area contributed by atoms with Crippen LogP contribution in [0.1, 0.15) is 24.8 Å². The van der Waals surface area contributed by atoms with Crippen molar-refractivity contribution >= 4 is 5.91 Å². The number of rotatable bonds is 9. The molecule has 0 bridgehead atoms. The number of carbonyl (C=O) groups is 1. The third-order valence-electron chi connectivity index (χ3n) is 2.91. The molecule has 0 aliphatic rings. The molecule has 1 rings (SSSR count). The number of nitrogens with one attached hydrogen (secondary N) is 1. The minimum atomic E-state index is 0.108. The van der Waals surface area contributed by atoms with Crippen molar-refractivity contribution in [1.82, 2.24) is 10.2 Å². The molecular formula is C16H26N2O2. The molecule has 0 spiro atoms. The van der Waals surface area contributed by atoms with E-state index in [1.54, 1.807) is 0 Å². The molecule has 0 saturated heterocycles. The van der Waals surface area contributed by atoms with E-state index in [-0.39, 0.29) is 5.91 Å². The van der Waals surface area contributed by atoms with Crippen LogP contribution in [0.5, 0.6) is 5.75 Å². The smallest absolute Gasteiger partial charge is 0.220 e. The largest absolute Gasteiger partial charge is 0.494 e. The number of hydrogen-bond donors (Lipinski definition) is 1. The average molecular weight is 278 g/mol. The summed E-state index contributed by atoms with van der Waals surface area (Å²) >= 11 is 0. The van der Waals surface area contributed by atoms with E-state index in [1.807, 2.05) is 45.3 Å². The molecule has 0 atom stereocenters. The average Bonchev–Trinajstić information content (AvgIpc) is 2.40. The Labute approximate surface area is 122 Å². The van der Waals surface area contributed by atoms with Gasteiger partial charge in [0.05, 0.1) is 6.61 Å². The topological polar surface area (TPSA) is 41.6 Å². The second-order valence-electron chi connectivity index (χ2n) is 5.28. The van der Waals surface area contributed by atoms with Crippen molar-refractivity contribution < 1.29 is 9.53 Å². The van der Waals surface area contributed by atoms with Crippen LogP contribution >= 0.6 is 0 Å². The van der Waals surface area contributed by atoms with Crippen molar-refractivity contribution in [2.45, 2.75) is 26.2 Å². The molecule has 0 radical (unpaired) electrons. The van der Waals surface area contributed by atoms with Crippen LogP contribution in [0.2, 0.25) is 0 Å². The maximum Gasteiger partial charge on any atom is 0.220 e. The van der Waals surface area contributed by atoms with Crippen LogP contribution in [-0.2, 0) is 4.79 Å². The van der Waals surface area contributed by atoms with Crippen molar-refractivity contribution in [2.75, 3.05) is 33.8 Å². The molecule has 0 saturated carbocycles. The van der Waals surface area contributed by atoms with Crippen molar-refractivity contribution in [3.05, 3.63) is 29.8 Å². The molecule has 0 aromatic heterocycles. The van der Waals surface area contributed by atoms with Crippen molar-refractivity contribution in [3.63, 3.8) is 0 Å². The minimum Gasteiger partial charge on any atom is -0.494 e. The third-order valence-corrected chi connectivity index (χ3v) is 2.91. The summed E-state index contributed by atoms with van der Waals surface area (Å²) < 4.78 is 5.61. The van der Waals surface area contributed by atoms with Gasteiger partial charge in [-0.2, -0.15) is 0 Å². The first-order valence-corrected chi connectivity index (χ1v) is 7.19. The van der Waals surface area contributed by atoms with Gasteiger partial charge in [-0.15, -0.1) is 0 Å². The number of aryl methyl sites for hydroxylation is 1. The number of hydrogen-bond acceptors (Lipinski definition) is 3. The van der Waals surface area contributed by atoms with Crippen LogP contribution in [0.25, 0.3) is 0 Å². The maximum absolute atomic E-state index is 11.6. The Morgan fingerprint density at radius 3 is 2.80 bits per heavy atom. The Bertz CT molecular complexity index is 405. The summed E-state index contributed by atoms with van der Waals surface area (Å²) in [5.41, 5.74) is 1.18. The van der Waals surface area contributed by atoms with E-state index in [4.69, 9.17) is 4.74 Å². The summed E-state index contributed by atoms with van der Waals surface area (Å²) in [6.45, 7) is 4.36. The lowest BCUT2D eigenvalue weighted by Crippen LogP contribution is -2.27. The molecule has 112 valence electrons. The van der Waals surface area contributed by atoms with E-state index < -0.39 is 0 Å². The number of carbonyl (C=O) groups excluding carboxylic acids is 1. The van der Waals surface area contributed by atoms with Gasteiger partial charge in [0.15, 0.2) is 0 Å². The van der Waals surface area contributed by atoms with E-state index in [9.17, 15) is 4.79 Å². The van der Waals surface area contributed by atoms with Gasteiger partial charge in [-0.3, -0.25) is 4.79 Å². The fourth-order valence-corrected chi connectivity index (χ4v) is 1.84. The predicted octanol–water partition coefficient (Wildman–Crippen LogP) is 2.22. The zero-order chi connectivity index (χ0) is 14.8. The van der Waals surface area contributed by atoms with Gasteiger partial charge in [-0.25, -0.2) is 0 Å². The summed E-state index contributed by atoms with van der Waals surface area (Å²) in [5, 5.41) is 2.92. The van der Waals surface area contributed by atoms with E-state index in [0.717, 1.165) is 31.7 Å². The lowest BCUT2D eigenvalue weighted by atomic mass is 10.2. The van der Waals surface area contributed by atoms with Gasteiger partial charge in [0, 0.05) is 13.0 Å². The standard InChI is InChI=1S/C16H26N2O2/c1-14-7-4-8-15(13-14)20-12-5-9-16(19)17-10-6-11-18(2)3/h4,7-8,13H,5-6,9-12H2,1-3H3,(H,17,19). The van der Waals surface area contributed by atoms with Crippen molar-refractivity contribution in [1.29, 1.82) is 0 Å². The molecule has 20 heavy (non-hydrogen) atoms. The van der Waals surface area contributed by atoms with E-state index in [0.29, 0.717) is 13.0 Å².